The Bertz CT molecular complexity index is 487. The lowest BCUT2D eigenvalue weighted by molar-refractivity contribution is 0.305. The van der Waals surface area contributed by atoms with E-state index in [9.17, 15) is 0 Å². The molecule has 86 valence electrons. The molecule has 0 aliphatic heterocycles. The second-order valence-corrected chi connectivity index (χ2v) is 6.73. The Kier molecular flexibility index (Phi) is 3.09. The topological polar surface area (TPSA) is 30.7 Å². The molecule has 0 bridgehead atoms. The van der Waals surface area contributed by atoms with Crippen LogP contribution in [0.3, 0.4) is 0 Å². The van der Waals surface area contributed by atoms with Crippen molar-refractivity contribution in [3.8, 4) is 0 Å². The Morgan fingerprint density at radius 3 is 1.88 bits per heavy atom. The largest absolute Gasteiger partial charge is 0.183 e. The smallest absolute Gasteiger partial charge is 0.128 e. The summed E-state index contributed by atoms with van der Waals surface area (Å²) in [5.41, 5.74) is 1.98. The third-order valence-electron chi connectivity index (χ3n) is 2.10. The van der Waals surface area contributed by atoms with Crippen LogP contribution in [0.1, 0.15) is 20.8 Å². The monoisotopic (exact) mass is 345 g/mol. The van der Waals surface area contributed by atoms with Crippen molar-refractivity contribution in [2.24, 2.45) is 5.41 Å². The number of rotatable bonds is 1. The van der Waals surface area contributed by atoms with Gasteiger partial charge in [-0.1, -0.05) is 20.8 Å². The number of hydrogen-bond donors (Lipinski definition) is 0. The minimum atomic E-state index is 0.175. The van der Waals surface area contributed by atoms with E-state index in [1.165, 1.54) is 0 Å². The molecule has 1 aromatic carbocycles. The van der Waals surface area contributed by atoms with Gasteiger partial charge in [-0.25, -0.2) is 0 Å². The molecule has 2 rings (SSSR count). The normalized spacial score (nSPS) is 12.3. The van der Waals surface area contributed by atoms with Crippen molar-refractivity contribution in [1.82, 2.24) is 15.0 Å². The van der Waals surface area contributed by atoms with Crippen LogP contribution in [0.4, 0.5) is 0 Å². The maximum atomic E-state index is 4.49. The highest BCUT2D eigenvalue weighted by atomic mass is 79.9. The summed E-state index contributed by atoms with van der Waals surface area (Å²) in [5.74, 6) is 0. The van der Waals surface area contributed by atoms with Crippen molar-refractivity contribution in [2.75, 3.05) is 0 Å². The molecular formula is C11H13Br2N3. The lowest BCUT2D eigenvalue weighted by atomic mass is 9.97. The van der Waals surface area contributed by atoms with Crippen LogP contribution >= 0.6 is 31.9 Å². The lowest BCUT2D eigenvalue weighted by Crippen LogP contribution is -2.17. The number of fused-ring (bicyclic) bond motifs is 1. The number of halogens is 2. The second-order valence-electron chi connectivity index (χ2n) is 5.02. The first-order chi connectivity index (χ1) is 7.37. The van der Waals surface area contributed by atoms with Gasteiger partial charge in [-0.05, 0) is 49.4 Å². The zero-order valence-electron chi connectivity index (χ0n) is 9.46. The van der Waals surface area contributed by atoms with E-state index in [0.717, 1.165) is 26.5 Å². The van der Waals surface area contributed by atoms with Crippen LogP contribution in [-0.2, 0) is 6.54 Å². The fraction of sp³-hybridized carbons (Fsp3) is 0.455. The zero-order chi connectivity index (χ0) is 11.9. The fourth-order valence-corrected chi connectivity index (χ4v) is 2.27. The van der Waals surface area contributed by atoms with Crippen molar-refractivity contribution in [3.63, 3.8) is 0 Å². The van der Waals surface area contributed by atoms with Crippen LogP contribution in [0, 0.1) is 5.41 Å². The molecule has 0 saturated heterocycles. The molecule has 0 aliphatic rings. The first-order valence-corrected chi connectivity index (χ1v) is 6.64. The van der Waals surface area contributed by atoms with Gasteiger partial charge >= 0.3 is 0 Å². The van der Waals surface area contributed by atoms with Gasteiger partial charge < -0.3 is 0 Å². The molecule has 0 N–H and O–H groups in total. The van der Waals surface area contributed by atoms with Crippen LogP contribution < -0.4 is 0 Å². The summed E-state index contributed by atoms with van der Waals surface area (Å²) in [6.07, 6.45) is 0. The van der Waals surface area contributed by atoms with Gasteiger partial charge in [0.1, 0.15) is 11.0 Å². The van der Waals surface area contributed by atoms with Gasteiger partial charge in [0.05, 0.1) is 6.54 Å². The molecule has 0 spiro atoms. The first-order valence-electron chi connectivity index (χ1n) is 5.06. The summed E-state index contributed by atoms with van der Waals surface area (Å²) in [6.45, 7) is 7.32. The summed E-state index contributed by atoms with van der Waals surface area (Å²) in [4.78, 5) is 1.76. The van der Waals surface area contributed by atoms with Crippen LogP contribution in [0.2, 0.25) is 0 Å². The number of hydrogen-bond acceptors (Lipinski definition) is 2. The van der Waals surface area contributed by atoms with Gasteiger partial charge in [-0.15, -0.1) is 0 Å². The number of benzene rings is 1. The average Bonchev–Trinajstić information content (AvgIpc) is 2.53. The van der Waals surface area contributed by atoms with E-state index in [2.05, 4.69) is 62.8 Å². The molecule has 0 saturated carbocycles. The van der Waals surface area contributed by atoms with Crippen LogP contribution in [-0.4, -0.2) is 15.0 Å². The summed E-state index contributed by atoms with van der Waals surface area (Å²) >= 11 is 6.97. The van der Waals surface area contributed by atoms with Crippen LogP contribution in [0.25, 0.3) is 11.0 Å². The minimum Gasteiger partial charge on any atom is -0.183 e. The van der Waals surface area contributed by atoms with Crippen molar-refractivity contribution in [3.05, 3.63) is 21.1 Å². The van der Waals surface area contributed by atoms with E-state index in [4.69, 9.17) is 0 Å². The van der Waals surface area contributed by atoms with Crippen LogP contribution in [0.15, 0.2) is 21.1 Å². The Morgan fingerprint density at radius 2 is 1.50 bits per heavy atom. The molecule has 1 aromatic heterocycles. The summed E-state index contributed by atoms with van der Waals surface area (Å²) in [5, 5.41) is 8.97. The average molecular weight is 347 g/mol. The van der Waals surface area contributed by atoms with Gasteiger partial charge in [0.25, 0.3) is 0 Å². The third kappa shape index (κ3) is 2.46. The van der Waals surface area contributed by atoms with E-state index in [1.807, 2.05) is 12.1 Å². The minimum absolute atomic E-state index is 0.175. The van der Waals surface area contributed by atoms with Crippen molar-refractivity contribution < 1.29 is 0 Å². The van der Waals surface area contributed by atoms with E-state index in [1.54, 1.807) is 4.80 Å². The van der Waals surface area contributed by atoms with Gasteiger partial charge in [0, 0.05) is 8.95 Å². The van der Waals surface area contributed by atoms with Gasteiger partial charge in [0.15, 0.2) is 0 Å². The van der Waals surface area contributed by atoms with E-state index < -0.39 is 0 Å². The quantitative estimate of drug-likeness (QED) is 0.781. The Balaban J connectivity index is 2.52. The molecule has 0 fully saturated rings. The highest BCUT2D eigenvalue weighted by molar-refractivity contribution is 9.11. The molecule has 1 heterocycles. The molecule has 5 heteroatoms. The SMILES string of the molecule is CC(C)(C)Cn1nc2c(Br)ccc(Br)c2n1. The molecule has 0 atom stereocenters. The standard InChI is InChI=1S/C11H13Br2N3/c1-11(2,3)6-16-14-9-7(12)4-5-8(13)10(9)15-16/h4-5H,6H2,1-3H3. The van der Waals surface area contributed by atoms with E-state index in [0.29, 0.717) is 0 Å². The summed E-state index contributed by atoms with van der Waals surface area (Å²) in [6, 6.07) is 3.95. The highest BCUT2D eigenvalue weighted by Gasteiger charge is 2.15. The summed E-state index contributed by atoms with van der Waals surface area (Å²) in [7, 11) is 0. The van der Waals surface area contributed by atoms with Crippen LogP contribution in [0.5, 0.6) is 0 Å². The van der Waals surface area contributed by atoms with Gasteiger partial charge in [0.2, 0.25) is 0 Å². The molecular weight excluding hydrogens is 334 g/mol. The molecule has 0 aliphatic carbocycles. The first kappa shape index (κ1) is 12.0. The van der Waals surface area contributed by atoms with E-state index in [-0.39, 0.29) is 5.41 Å². The molecule has 0 radical (unpaired) electrons. The van der Waals surface area contributed by atoms with Crippen molar-refractivity contribution in [1.29, 1.82) is 0 Å². The highest BCUT2D eigenvalue weighted by Crippen LogP contribution is 2.28. The van der Waals surface area contributed by atoms with E-state index >= 15 is 0 Å². The Labute approximate surface area is 111 Å². The molecule has 3 nitrogen and oxygen atoms in total. The molecule has 2 aromatic rings. The second kappa shape index (κ2) is 4.11. The maximum absolute atomic E-state index is 4.49. The fourth-order valence-electron chi connectivity index (χ4n) is 1.47. The van der Waals surface area contributed by atoms with Crippen molar-refractivity contribution >= 4 is 42.9 Å². The molecule has 0 unspecified atom stereocenters. The third-order valence-corrected chi connectivity index (χ3v) is 3.38. The van der Waals surface area contributed by atoms with Gasteiger partial charge in [-0.2, -0.15) is 15.0 Å². The summed E-state index contributed by atoms with van der Waals surface area (Å²) < 4.78 is 1.96. The zero-order valence-corrected chi connectivity index (χ0v) is 12.6. The number of aromatic nitrogens is 3. The van der Waals surface area contributed by atoms with Crippen molar-refractivity contribution in [2.45, 2.75) is 27.3 Å². The molecule has 0 amide bonds. The Hall–Kier alpha value is -0.420. The Morgan fingerprint density at radius 1 is 1.06 bits per heavy atom. The number of nitrogens with zero attached hydrogens (tertiary/aromatic N) is 3. The maximum Gasteiger partial charge on any atom is 0.128 e. The lowest BCUT2D eigenvalue weighted by Gasteiger charge is -2.16. The molecule has 16 heavy (non-hydrogen) atoms. The predicted octanol–water partition coefficient (Wildman–Crippen LogP) is 4.00. The van der Waals surface area contributed by atoms with Gasteiger partial charge in [-0.3, -0.25) is 0 Å². The predicted molar refractivity (Wildman–Crippen MR) is 72.4 cm³/mol.